The molecule has 0 bridgehead atoms. The Morgan fingerprint density at radius 3 is 2.53 bits per heavy atom. The number of amides is 2. The molecule has 1 atom stereocenters. The van der Waals surface area contributed by atoms with Gasteiger partial charge in [-0.25, -0.2) is 4.79 Å². The van der Waals surface area contributed by atoms with Crippen molar-refractivity contribution >= 4 is 6.03 Å². The van der Waals surface area contributed by atoms with E-state index in [0.29, 0.717) is 18.1 Å². The third-order valence-corrected chi connectivity index (χ3v) is 4.31. The van der Waals surface area contributed by atoms with Gasteiger partial charge in [-0.05, 0) is 32.1 Å². The second-order valence-corrected chi connectivity index (χ2v) is 5.56. The molecule has 2 fully saturated rings. The lowest BCUT2D eigenvalue weighted by Crippen LogP contribution is -2.42. The highest BCUT2D eigenvalue weighted by atomic mass is 16.2. The zero-order valence-electron chi connectivity index (χ0n) is 11.1. The normalized spacial score (nSPS) is 34.5. The first-order valence-corrected chi connectivity index (χ1v) is 6.92. The molecule has 98 valence electrons. The van der Waals surface area contributed by atoms with Crippen molar-refractivity contribution in [1.29, 1.82) is 0 Å². The lowest BCUT2D eigenvalue weighted by Gasteiger charge is -2.32. The van der Waals surface area contributed by atoms with Gasteiger partial charge in [0.1, 0.15) is 0 Å². The molecular formula is C13H25N3O. The Labute approximate surface area is 104 Å². The van der Waals surface area contributed by atoms with Crippen LogP contribution in [-0.4, -0.2) is 47.5 Å². The van der Waals surface area contributed by atoms with Gasteiger partial charge in [0.25, 0.3) is 0 Å². The zero-order chi connectivity index (χ0) is 12.4. The number of hydrogen-bond acceptors (Lipinski definition) is 2. The number of likely N-dealkylation sites (N-methyl/N-ethyl adjacent to an activating group) is 1. The molecule has 0 aromatic heterocycles. The van der Waals surface area contributed by atoms with Gasteiger partial charge >= 0.3 is 6.03 Å². The summed E-state index contributed by atoms with van der Waals surface area (Å²) in [6.07, 6.45) is 6.56. The van der Waals surface area contributed by atoms with Gasteiger partial charge in [-0.2, -0.15) is 0 Å². The molecule has 0 spiro atoms. The molecular weight excluding hydrogens is 214 g/mol. The minimum absolute atomic E-state index is 0.226. The monoisotopic (exact) mass is 239 g/mol. The van der Waals surface area contributed by atoms with E-state index in [4.69, 9.17) is 5.73 Å². The molecule has 0 aromatic rings. The van der Waals surface area contributed by atoms with E-state index in [9.17, 15) is 4.79 Å². The lowest BCUT2D eigenvalue weighted by molar-refractivity contribution is 0.164. The van der Waals surface area contributed by atoms with Gasteiger partial charge in [0.2, 0.25) is 0 Å². The molecule has 1 aliphatic heterocycles. The van der Waals surface area contributed by atoms with Gasteiger partial charge in [0.05, 0.1) is 6.04 Å². The van der Waals surface area contributed by atoms with Gasteiger partial charge in [-0.1, -0.05) is 13.3 Å². The number of nitrogens with zero attached hydrogens (tertiary/aromatic N) is 2. The number of hydrogen-bond donors (Lipinski definition) is 1. The second-order valence-electron chi connectivity index (χ2n) is 5.56. The molecule has 2 rings (SSSR count). The quantitative estimate of drug-likeness (QED) is 0.816. The fourth-order valence-corrected chi connectivity index (χ4v) is 3.12. The predicted molar refractivity (Wildman–Crippen MR) is 68.8 cm³/mol. The zero-order valence-corrected chi connectivity index (χ0v) is 11.1. The number of carbonyl (C=O) groups excluding carboxylic acids is 1. The van der Waals surface area contributed by atoms with Crippen molar-refractivity contribution in [2.45, 2.75) is 63.6 Å². The number of carbonyl (C=O) groups is 1. The summed E-state index contributed by atoms with van der Waals surface area (Å²) in [5, 5.41) is 0. The molecule has 2 aliphatic rings. The van der Waals surface area contributed by atoms with Gasteiger partial charge < -0.3 is 15.5 Å². The highest BCUT2D eigenvalue weighted by Crippen LogP contribution is 2.28. The Morgan fingerprint density at radius 1 is 1.29 bits per heavy atom. The molecule has 0 aromatic carbocycles. The van der Waals surface area contributed by atoms with Crippen molar-refractivity contribution < 1.29 is 4.79 Å². The summed E-state index contributed by atoms with van der Waals surface area (Å²) in [7, 11) is 1.94. The molecule has 2 N–H and O–H groups in total. The average molecular weight is 239 g/mol. The minimum atomic E-state index is 0.226. The highest BCUT2D eigenvalue weighted by Gasteiger charge is 2.38. The SMILES string of the molecule is CCCC1CN(C2CCC(N)CC2)C(=O)N1C. The van der Waals surface area contributed by atoms with E-state index in [-0.39, 0.29) is 6.03 Å². The van der Waals surface area contributed by atoms with Crippen molar-refractivity contribution in [2.75, 3.05) is 13.6 Å². The Balaban J connectivity index is 1.95. The maximum absolute atomic E-state index is 12.2. The fraction of sp³-hybridized carbons (Fsp3) is 0.923. The topological polar surface area (TPSA) is 49.6 Å². The molecule has 4 heteroatoms. The highest BCUT2D eigenvalue weighted by molar-refractivity contribution is 5.77. The second kappa shape index (κ2) is 5.25. The first-order valence-electron chi connectivity index (χ1n) is 6.92. The van der Waals surface area contributed by atoms with Gasteiger partial charge in [-0.3, -0.25) is 0 Å². The van der Waals surface area contributed by atoms with Crippen LogP contribution >= 0.6 is 0 Å². The molecule has 1 heterocycles. The van der Waals surface area contributed by atoms with Crippen LogP contribution in [0.4, 0.5) is 4.79 Å². The molecule has 1 saturated heterocycles. The van der Waals surface area contributed by atoms with E-state index in [1.807, 2.05) is 11.9 Å². The molecule has 1 saturated carbocycles. The summed E-state index contributed by atoms with van der Waals surface area (Å²) >= 11 is 0. The van der Waals surface area contributed by atoms with Crippen LogP contribution in [0.15, 0.2) is 0 Å². The molecule has 1 unspecified atom stereocenters. The Bertz CT molecular complexity index is 274. The maximum Gasteiger partial charge on any atom is 0.320 e. The van der Waals surface area contributed by atoms with Crippen LogP contribution in [0.1, 0.15) is 45.4 Å². The summed E-state index contributed by atoms with van der Waals surface area (Å²) in [4.78, 5) is 16.2. The first-order chi connectivity index (χ1) is 8.13. The summed E-state index contributed by atoms with van der Waals surface area (Å²) in [6.45, 7) is 3.10. The Hall–Kier alpha value is -0.770. The summed E-state index contributed by atoms with van der Waals surface area (Å²) in [5.41, 5.74) is 5.92. The smallest absolute Gasteiger partial charge is 0.320 e. The van der Waals surface area contributed by atoms with Crippen molar-refractivity contribution in [1.82, 2.24) is 9.80 Å². The van der Waals surface area contributed by atoms with Crippen LogP contribution in [0.2, 0.25) is 0 Å². The van der Waals surface area contributed by atoms with E-state index in [0.717, 1.165) is 45.1 Å². The van der Waals surface area contributed by atoms with Crippen molar-refractivity contribution in [3.05, 3.63) is 0 Å². The average Bonchev–Trinajstić information content (AvgIpc) is 2.59. The molecule has 1 aliphatic carbocycles. The molecule has 4 nitrogen and oxygen atoms in total. The third-order valence-electron chi connectivity index (χ3n) is 4.31. The molecule has 17 heavy (non-hydrogen) atoms. The molecule has 0 radical (unpaired) electrons. The summed E-state index contributed by atoms with van der Waals surface area (Å²) in [6, 6.07) is 1.44. The standard InChI is InChI=1S/C13H25N3O/c1-3-4-12-9-16(13(17)15(12)2)11-7-5-10(14)6-8-11/h10-12H,3-9,14H2,1-2H3. The Kier molecular flexibility index (Phi) is 3.92. The largest absolute Gasteiger partial charge is 0.328 e. The fourth-order valence-electron chi connectivity index (χ4n) is 3.12. The van der Waals surface area contributed by atoms with Gasteiger partial charge in [0.15, 0.2) is 0 Å². The van der Waals surface area contributed by atoms with Crippen LogP contribution in [0.25, 0.3) is 0 Å². The Morgan fingerprint density at radius 2 is 1.94 bits per heavy atom. The van der Waals surface area contributed by atoms with Crippen LogP contribution in [0, 0.1) is 0 Å². The van der Waals surface area contributed by atoms with Gasteiger partial charge in [0, 0.05) is 25.7 Å². The number of urea groups is 1. The predicted octanol–water partition coefficient (Wildman–Crippen LogP) is 1.79. The first kappa shape index (κ1) is 12.7. The van der Waals surface area contributed by atoms with Crippen LogP contribution in [0.5, 0.6) is 0 Å². The molecule has 2 amide bonds. The number of nitrogens with two attached hydrogens (primary N) is 1. The number of rotatable bonds is 3. The maximum atomic E-state index is 12.2. The van der Waals surface area contributed by atoms with Crippen molar-refractivity contribution in [3.63, 3.8) is 0 Å². The minimum Gasteiger partial charge on any atom is -0.328 e. The third kappa shape index (κ3) is 2.57. The van der Waals surface area contributed by atoms with Gasteiger partial charge in [-0.15, -0.1) is 0 Å². The van der Waals surface area contributed by atoms with E-state index in [1.54, 1.807) is 0 Å². The van der Waals surface area contributed by atoms with Crippen LogP contribution < -0.4 is 5.73 Å². The van der Waals surface area contributed by atoms with Crippen molar-refractivity contribution in [3.8, 4) is 0 Å². The summed E-state index contributed by atoms with van der Waals surface area (Å²) in [5.74, 6) is 0. The van der Waals surface area contributed by atoms with E-state index >= 15 is 0 Å². The van der Waals surface area contributed by atoms with Crippen LogP contribution in [0.3, 0.4) is 0 Å². The van der Waals surface area contributed by atoms with Crippen molar-refractivity contribution in [2.24, 2.45) is 5.73 Å². The van der Waals surface area contributed by atoms with Crippen LogP contribution in [-0.2, 0) is 0 Å². The summed E-state index contributed by atoms with van der Waals surface area (Å²) < 4.78 is 0. The van der Waals surface area contributed by atoms with E-state index in [2.05, 4.69) is 11.8 Å². The lowest BCUT2D eigenvalue weighted by atomic mass is 9.91. The van der Waals surface area contributed by atoms with E-state index < -0.39 is 0 Å². The van der Waals surface area contributed by atoms with E-state index in [1.165, 1.54) is 0 Å².